The highest BCUT2D eigenvalue weighted by Crippen LogP contribution is 2.09. The number of nitrogens with zero attached hydrogens (tertiary/aromatic N) is 2. The Bertz CT molecular complexity index is 518. The second-order valence-corrected chi connectivity index (χ2v) is 3.58. The van der Waals surface area contributed by atoms with Crippen molar-refractivity contribution < 1.29 is 4.79 Å². The molecule has 2 aromatic heterocycles. The van der Waals surface area contributed by atoms with Crippen molar-refractivity contribution in [1.82, 2.24) is 15.2 Å². The molecular weight excluding hydrogens is 204 g/mol. The van der Waals surface area contributed by atoms with Crippen LogP contribution in [0.25, 0.3) is 0 Å². The van der Waals surface area contributed by atoms with Crippen LogP contribution in [0.5, 0.6) is 0 Å². The first kappa shape index (κ1) is 10.4. The van der Waals surface area contributed by atoms with Crippen molar-refractivity contribution in [2.45, 2.75) is 13.8 Å². The molecule has 2 aromatic rings. The van der Waals surface area contributed by atoms with E-state index in [1.165, 1.54) is 6.20 Å². The monoisotopic (exact) mass is 216 g/mol. The van der Waals surface area contributed by atoms with E-state index in [4.69, 9.17) is 0 Å². The maximum absolute atomic E-state index is 11.8. The van der Waals surface area contributed by atoms with Gasteiger partial charge in [0.2, 0.25) is 0 Å². The maximum atomic E-state index is 11.8. The van der Waals surface area contributed by atoms with Crippen molar-refractivity contribution in [3.63, 3.8) is 0 Å². The van der Waals surface area contributed by atoms with Crippen LogP contribution in [0.4, 0.5) is 5.82 Å². The second-order valence-electron chi connectivity index (χ2n) is 3.58. The van der Waals surface area contributed by atoms with Gasteiger partial charge in [-0.25, -0.2) is 4.98 Å². The fourth-order valence-corrected chi connectivity index (χ4v) is 1.37. The van der Waals surface area contributed by atoms with E-state index in [0.717, 1.165) is 11.3 Å². The smallest absolute Gasteiger partial charge is 0.260 e. The summed E-state index contributed by atoms with van der Waals surface area (Å²) in [6.07, 6.45) is 3.16. The van der Waals surface area contributed by atoms with E-state index in [-0.39, 0.29) is 5.91 Å². The van der Waals surface area contributed by atoms with Gasteiger partial charge in [0, 0.05) is 11.9 Å². The summed E-state index contributed by atoms with van der Waals surface area (Å²) in [5.74, 6) is 0.343. The minimum atomic E-state index is -0.204. The summed E-state index contributed by atoms with van der Waals surface area (Å²) >= 11 is 0. The van der Waals surface area contributed by atoms with Gasteiger partial charge in [-0.15, -0.1) is 0 Å². The zero-order chi connectivity index (χ0) is 11.5. The molecule has 0 aliphatic rings. The van der Waals surface area contributed by atoms with Crippen LogP contribution in [0.2, 0.25) is 0 Å². The number of hydrogen-bond acceptors (Lipinski definition) is 3. The summed E-state index contributed by atoms with van der Waals surface area (Å²) in [6.45, 7) is 3.74. The van der Waals surface area contributed by atoms with Gasteiger partial charge >= 0.3 is 0 Å². The molecule has 2 rings (SSSR count). The van der Waals surface area contributed by atoms with Crippen LogP contribution in [0.3, 0.4) is 0 Å². The highest BCUT2D eigenvalue weighted by Gasteiger charge is 2.11. The van der Waals surface area contributed by atoms with Crippen LogP contribution in [0.15, 0.2) is 24.5 Å². The van der Waals surface area contributed by atoms with Gasteiger partial charge in [0.25, 0.3) is 5.91 Å². The molecule has 0 aliphatic heterocycles. The zero-order valence-electron chi connectivity index (χ0n) is 9.11. The van der Waals surface area contributed by atoms with Gasteiger partial charge in [-0.2, -0.15) is 5.10 Å². The predicted octanol–water partition coefficient (Wildman–Crippen LogP) is 1.67. The van der Waals surface area contributed by atoms with Crippen LogP contribution < -0.4 is 5.32 Å². The number of nitrogens with one attached hydrogen (secondary N) is 2. The quantitative estimate of drug-likeness (QED) is 0.802. The van der Waals surface area contributed by atoms with Gasteiger partial charge in [0.05, 0.1) is 11.8 Å². The van der Waals surface area contributed by atoms with Gasteiger partial charge in [-0.1, -0.05) is 0 Å². The summed E-state index contributed by atoms with van der Waals surface area (Å²) in [7, 11) is 0. The first-order chi connectivity index (χ1) is 7.66. The molecule has 0 saturated heterocycles. The largest absolute Gasteiger partial charge is 0.306 e. The number of aryl methyl sites for hydroxylation is 2. The molecule has 5 nitrogen and oxygen atoms in total. The van der Waals surface area contributed by atoms with Crippen LogP contribution in [-0.2, 0) is 0 Å². The lowest BCUT2D eigenvalue weighted by atomic mass is 10.2. The Hall–Kier alpha value is -2.17. The van der Waals surface area contributed by atoms with Crippen LogP contribution >= 0.6 is 0 Å². The molecule has 0 spiro atoms. The second kappa shape index (κ2) is 4.14. The first-order valence-corrected chi connectivity index (χ1v) is 4.91. The van der Waals surface area contributed by atoms with Crippen LogP contribution in [-0.4, -0.2) is 21.1 Å². The van der Waals surface area contributed by atoms with E-state index in [1.807, 2.05) is 19.1 Å². The zero-order valence-corrected chi connectivity index (χ0v) is 9.11. The molecular formula is C11H12N4O. The van der Waals surface area contributed by atoms with Gasteiger partial charge in [0.1, 0.15) is 5.82 Å². The number of aromatic nitrogens is 3. The molecule has 0 unspecified atom stereocenters. The molecule has 0 saturated carbocycles. The number of anilines is 1. The SMILES string of the molecule is Cc1ccnc(NC(=O)c2cn[nH]c2C)c1. The molecule has 2 N–H and O–H groups in total. The summed E-state index contributed by atoms with van der Waals surface area (Å²) in [6, 6.07) is 3.69. The van der Waals surface area contributed by atoms with Gasteiger partial charge in [-0.3, -0.25) is 9.89 Å². The topological polar surface area (TPSA) is 70.7 Å². The van der Waals surface area contributed by atoms with E-state index in [9.17, 15) is 4.79 Å². The minimum Gasteiger partial charge on any atom is -0.306 e. The molecule has 0 atom stereocenters. The summed E-state index contributed by atoms with van der Waals surface area (Å²) in [5, 5.41) is 9.23. The van der Waals surface area contributed by atoms with E-state index >= 15 is 0 Å². The highest BCUT2D eigenvalue weighted by atomic mass is 16.1. The average molecular weight is 216 g/mol. The molecule has 2 heterocycles. The predicted molar refractivity (Wildman–Crippen MR) is 60.3 cm³/mol. The molecule has 0 aliphatic carbocycles. The molecule has 0 bridgehead atoms. The molecule has 82 valence electrons. The van der Waals surface area contributed by atoms with E-state index in [2.05, 4.69) is 20.5 Å². The Kier molecular flexibility index (Phi) is 2.68. The Labute approximate surface area is 92.9 Å². The number of rotatable bonds is 2. The Morgan fingerprint density at radius 3 is 2.88 bits per heavy atom. The van der Waals surface area contributed by atoms with Gasteiger partial charge in [0.15, 0.2) is 0 Å². The fourth-order valence-electron chi connectivity index (χ4n) is 1.37. The van der Waals surface area contributed by atoms with Crippen molar-refractivity contribution in [1.29, 1.82) is 0 Å². The summed E-state index contributed by atoms with van der Waals surface area (Å²) in [4.78, 5) is 15.9. The van der Waals surface area contributed by atoms with E-state index < -0.39 is 0 Å². The number of carbonyl (C=O) groups excluding carboxylic acids is 1. The summed E-state index contributed by atoms with van der Waals surface area (Å²) < 4.78 is 0. The van der Waals surface area contributed by atoms with E-state index in [0.29, 0.717) is 11.4 Å². The number of carbonyl (C=O) groups is 1. The van der Waals surface area contributed by atoms with Crippen LogP contribution in [0.1, 0.15) is 21.6 Å². The average Bonchev–Trinajstić information content (AvgIpc) is 2.64. The van der Waals surface area contributed by atoms with Crippen molar-refractivity contribution in [3.8, 4) is 0 Å². The number of amides is 1. The lowest BCUT2D eigenvalue weighted by Gasteiger charge is -2.03. The number of aromatic amines is 1. The lowest BCUT2D eigenvalue weighted by Crippen LogP contribution is -2.13. The highest BCUT2D eigenvalue weighted by molar-refractivity contribution is 6.04. The number of H-pyrrole nitrogens is 1. The molecule has 5 heteroatoms. The van der Waals surface area contributed by atoms with Gasteiger partial charge < -0.3 is 5.32 Å². The Morgan fingerprint density at radius 1 is 1.44 bits per heavy atom. The number of pyridine rings is 1. The maximum Gasteiger partial charge on any atom is 0.260 e. The van der Waals surface area contributed by atoms with Crippen LogP contribution in [0, 0.1) is 13.8 Å². The normalized spacial score (nSPS) is 10.1. The fraction of sp³-hybridized carbons (Fsp3) is 0.182. The molecule has 0 aromatic carbocycles. The Morgan fingerprint density at radius 2 is 2.25 bits per heavy atom. The lowest BCUT2D eigenvalue weighted by molar-refractivity contribution is 0.102. The third-order valence-corrected chi connectivity index (χ3v) is 2.23. The standard InChI is InChI=1S/C11H12N4O/c1-7-3-4-12-10(5-7)14-11(16)9-6-13-15-8(9)2/h3-6H,1-2H3,(H,13,15)(H,12,14,16). The van der Waals surface area contributed by atoms with Gasteiger partial charge in [-0.05, 0) is 31.5 Å². The molecule has 0 radical (unpaired) electrons. The van der Waals surface area contributed by atoms with E-state index in [1.54, 1.807) is 13.1 Å². The Balaban J connectivity index is 2.17. The summed E-state index contributed by atoms with van der Waals surface area (Å²) in [5.41, 5.74) is 2.32. The molecule has 1 amide bonds. The molecule has 0 fully saturated rings. The third kappa shape index (κ3) is 2.08. The number of hydrogen-bond donors (Lipinski definition) is 2. The van der Waals surface area contributed by atoms with Crippen molar-refractivity contribution in [2.75, 3.05) is 5.32 Å². The third-order valence-electron chi connectivity index (χ3n) is 2.23. The van der Waals surface area contributed by atoms with Crippen molar-refractivity contribution in [2.24, 2.45) is 0 Å². The minimum absolute atomic E-state index is 0.204. The molecule has 16 heavy (non-hydrogen) atoms. The van der Waals surface area contributed by atoms with Crippen molar-refractivity contribution in [3.05, 3.63) is 41.3 Å². The first-order valence-electron chi connectivity index (χ1n) is 4.91. The van der Waals surface area contributed by atoms with Crippen molar-refractivity contribution >= 4 is 11.7 Å².